The number of hydrogen-bond acceptors (Lipinski definition) is 3. The third kappa shape index (κ3) is 4.21. The number of amides is 1. The van der Waals surface area contributed by atoms with Gasteiger partial charge in [-0.25, -0.2) is 0 Å². The van der Waals surface area contributed by atoms with Gasteiger partial charge in [0.1, 0.15) is 0 Å². The van der Waals surface area contributed by atoms with E-state index in [0.717, 1.165) is 63.2 Å². The highest BCUT2D eigenvalue weighted by Crippen LogP contribution is 2.25. The summed E-state index contributed by atoms with van der Waals surface area (Å²) in [5, 5.41) is 6.42. The van der Waals surface area contributed by atoms with Gasteiger partial charge in [0.15, 0.2) is 0 Å². The van der Waals surface area contributed by atoms with Crippen LogP contribution in [0.25, 0.3) is 0 Å². The molecule has 4 nitrogen and oxygen atoms in total. The monoisotopic (exact) mass is 289 g/mol. The number of hydrogen-bond donors (Lipinski definition) is 2. The minimum atomic E-state index is 0.0424. The summed E-state index contributed by atoms with van der Waals surface area (Å²) < 4.78 is 0. The van der Waals surface area contributed by atoms with E-state index in [2.05, 4.69) is 35.4 Å². The van der Waals surface area contributed by atoms with Gasteiger partial charge in [-0.2, -0.15) is 0 Å². The lowest BCUT2D eigenvalue weighted by Gasteiger charge is -2.21. The van der Waals surface area contributed by atoms with Gasteiger partial charge in [-0.3, -0.25) is 4.79 Å². The fraction of sp³-hybridized carbons (Fsp3) is 0.588. The normalized spacial score (nSPS) is 13.7. The number of fused-ring (bicyclic) bond motifs is 1. The Labute approximate surface area is 127 Å². The quantitative estimate of drug-likeness (QED) is 0.758. The van der Waals surface area contributed by atoms with Crippen molar-refractivity contribution < 1.29 is 4.79 Å². The van der Waals surface area contributed by atoms with E-state index in [1.54, 1.807) is 0 Å². The van der Waals surface area contributed by atoms with Crippen LogP contribution in [-0.2, 0) is 6.42 Å². The molecule has 4 heteroatoms. The van der Waals surface area contributed by atoms with Gasteiger partial charge in [0.2, 0.25) is 0 Å². The topological polar surface area (TPSA) is 44.4 Å². The number of carbonyl (C=O) groups excluding carboxylic acids is 1. The lowest BCUT2D eigenvalue weighted by molar-refractivity contribution is 0.0952. The zero-order valence-electron chi connectivity index (χ0n) is 13.2. The van der Waals surface area contributed by atoms with Gasteiger partial charge in [0.25, 0.3) is 5.91 Å². The summed E-state index contributed by atoms with van der Waals surface area (Å²) in [6.45, 7) is 9.21. The first-order valence-corrected chi connectivity index (χ1v) is 8.12. The molecule has 1 aromatic rings. The van der Waals surface area contributed by atoms with Gasteiger partial charge in [0.05, 0.1) is 11.3 Å². The number of benzene rings is 1. The van der Waals surface area contributed by atoms with Crippen molar-refractivity contribution >= 4 is 11.6 Å². The predicted molar refractivity (Wildman–Crippen MR) is 88.0 cm³/mol. The molecule has 1 aromatic carbocycles. The molecule has 0 aliphatic carbocycles. The fourth-order valence-corrected chi connectivity index (χ4v) is 2.84. The molecule has 1 aliphatic heterocycles. The number of carbonyl (C=O) groups is 1. The summed E-state index contributed by atoms with van der Waals surface area (Å²) in [5.74, 6) is 0.0424. The van der Waals surface area contributed by atoms with Crippen LogP contribution >= 0.6 is 0 Å². The highest BCUT2D eigenvalue weighted by molar-refractivity contribution is 6.00. The summed E-state index contributed by atoms with van der Waals surface area (Å²) in [6, 6.07) is 6.01. The van der Waals surface area contributed by atoms with E-state index in [0.29, 0.717) is 0 Å². The molecule has 0 spiro atoms. The van der Waals surface area contributed by atoms with Gasteiger partial charge >= 0.3 is 0 Å². The Bertz CT molecular complexity index is 469. The minimum Gasteiger partial charge on any atom is -0.384 e. The molecule has 1 heterocycles. The van der Waals surface area contributed by atoms with E-state index in [1.807, 2.05) is 12.1 Å². The molecule has 0 aromatic heterocycles. The predicted octanol–water partition coefficient (Wildman–Crippen LogP) is 2.51. The van der Waals surface area contributed by atoms with Crippen LogP contribution in [0, 0.1) is 0 Å². The molecule has 2 rings (SSSR count). The Balaban J connectivity index is 1.86. The molecule has 116 valence electrons. The van der Waals surface area contributed by atoms with Crippen LogP contribution in [0.2, 0.25) is 0 Å². The number of aryl methyl sites for hydroxylation is 1. The third-order valence-electron chi connectivity index (χ3n) is 4.15. The van der Waals surface area contributed by atoms with E-state index in [1.165, 1.54) is 5.56 Å². The zero-order valence-corrected chi connectivity index (χ0v) is 13.2. The molecule has 0 radical (unpaired) electrons. The molecule has 21 heavy (non-hydrogen) atoms. The Morgan fingerprint density at radius 2 is 2.14 bits per heavy atom. The maximum Gasteiger partial charge on any atom is 0.253 e. The second-order valence-corrected chi connectivity index (χ2v) is 5.51. The van der Waals surface area contributed by atoms with Crippen molar-refractivity contribution in [1.29, 1.82) is 0 Å². The summed E-state index contributed by atoms with van der Waals surface area (Å²) in [4.78, 5) is 14.7. The Kier molecular flexibility index (Phi) is 6.05. The Hall–Kier alpha value is -1.55. The molecule has 0 unspecified atom stereocenters. The summed E-state index contributed by atoms with van der Waals surface area (Å²) in [6.07, 6.45) is 3.20. The first-order chi connectivity index (χ1) is 10.3. The maximum absolute atomic E-state index is 12.3. The van der Waals surface area contributed by atoms with Crippen LogP contribution in [0.5, 0.6) is 0 Å². The van der Waals surface area contributed by atoms with Crippen molar-refractivity contribution in [2.45, 2.75) is 33.1 Å². The van der Waals surface area contributed by atoms with E-state index in [9.17, 15) is 4.79 Å². The lowest BCUT2D eigenvalue weighted by Crippen LogP contribution is -2.30. The Morgan fingerprint density at radius 3 is 2.90 bits per heavy atom. The molecule has 0 saturated heterocycles. The van der Waals surface area contributed by atoms with Crippen LogP contribution in [0.1, 0.15) is 42.6 Å². The summed E-state index contributed by atoms with van der Waals surface area (Å²) >= 11 is 0. The number of rotatable bonds is 7. The smallest absolute Gasteiger partial charge is 0.253 e. The first kappa shape index (κ1) is 15.8. The van der Waals surface area contributed by atoms with Crippen LogP contribution in [0.4, 0.5) is 5.69 Å². The minimum absolute atomic E-state index is 0.0424. The average molecular weight is 289 g/mol. The molecule has 1 amide bonds. The van der Waals surface area contributed by atoms with Crippen molar-refractivity contribution in [3.63, 3.8) is 0 Å². The standard InChI is InChI=1S/C17H27N3O/c1-3-20(4-2)13-7-12-19-17(21)15-10-5-8-14-9-6-11-18-16(14)15/h5,8,10,18H,3-4,6-7,9,11-13H2,1-2H3,(H,19,21). The van der Waals surface area contributed by atoms with Crippen molar-refractivity contribution in [2.24, 2.45) is 0 Å². The molecular formula is C17H27N3O. The molecule has 0 bridgehead atoms. The molecule has 2 N–H and O–H groups in total. The van der Waals surface area contributed by atoms with Gasteiger partial charge in [-0.15, -0.1) is 0 Å². The number of anilines is 1. The van der Waals surface area contributed by atoms with Crippen molar-refractivity contribution in [1.82, 2.24) is 10.2 Å². The van der Waals surface area contributed by atoms with Crippen molar-refractivity contribution in [3.05, 3.63) is 29.3 Å². The van der Waals surface area contributed by atoms with Gasteiger partial charge in [-0.05, 0) is 50.5 Å². The van der Waals surface area contributed by atoms with Crippen LogP contribution < -0.4 is 10.6 Å². The second-order valence-electron chi connectivity index (χ2n) is 5.51. The SMILES string of the molecule is CCN(CC)CCCNC(=O)c1cccc2c1NCCC2. The second kappa shape index (κ2) is 8.03. The fourth-order valence-electron chi connectivity index (χ4n) is 2.84. The highest BCUT2D eigenvalue weighted by Gasteiger charge is 2.16. The number of nitrogens with zero attached hydrogens (tertiary/aromatic N) is 1. The molecule has 0 atom stereocenters. The molecule has 1 aliphatic rings. The summed E-state index contributed by atoms with van der Waals surface area (Å²) in [7, 11) is 0. The third-order valence-corrected chi connectivity index (χ3v) is 4.15. The van der Waals surface area contributed by atoms with Crippen LogP contribution in [-0.4, -0.2) is 43.5 Å². The van der Waals surface area contributed by atoms with E-state index >= 15 is 0 Å². The zero-order chi connectivity index (χ0) is 15.1. The lowest BCUT2D eigenvalue weighted by atomic mass is 9.99. The maximum atomic E-state index is 12.3. The first-order valence-electron chi connectivity index (χ1n) is 8.12. The number of para-hydroxylation sites is 1. The van der Waals surface area contributed by atoms with E-state index < -0.39 is 0 Å². The van der Waals surface area contributed by atoms with E-state index in [-0.39, 0.29) is 5.91 Å². The molecule has 0 fully saturated rings. The van der Waals surface area contributed by atoms with Gasteiger partial charge in [0, 0.05) is 13.1 Å². The van der Waals surface area contributed by atoms with E-state index in [4.69, 9.17) is 0 Å². The molecule has 0 saturated carbocycles. The highest BCUT2D eigenvalue weighted by atomic mass is 16.1. The van der Waals surface area contributed by atoms with Gasteiger partial charge < -0.3 is 15.5 Å². The van der Waals surface area contributed by atoms with Crippen LogP contribution in [0.3, 0.4) is 0 Å². The number of nitrogens with one attached hydrogen (secondary N) is 2. The van der Waals surface area contributed by atoms with Crippen molar-refractivity contribution in [2.75, 3.05) is 38.0 Å². The van der Waals surface area contributed by atoms with Gasteiger partial charge in [-0.1, -0.05) is 26.0 Å². The summed E-state index contributed by atoms with van der Waals surface area (Å²) in [5.41, 5.74) is 3.08. The van der Waals surface area contributed by atoms with Crippen molar-refractivity contribution in [3.8, 4) is 0 Å². The molecular weight excluding hydrogens is 262 g/mol. The van der Waals surface area contributed by atoms with Crippen LogP contribution in [0.15, 0.2) is 18.2 Å². The largest absolute Gasteiger partial charge is 0.384 e. The average Bonchev–Trinajstić information content (AvgIpc) is 2.54. The Morgan fingerprint density at radius 1 is 1.33 bits per heavy atom.